The third-order valence-corrected chi connectivity index (χ3v) is 5.61. The van der Waals surface area contributed by atoms with Crippen molar-refractivity contribution < 1.29 is 27.4 Å². The van der Waals surface area contributed by atoms with Gasteiger partial charge >= 0.3 is 0 Å². The van der Waals surface area contributed by atoms with E-state index in [1.807, 2.05) is 0 Å². The molecule has 0 spiro atoms. The van der Waals surface area contributed by atoms with Crippen LogP contribution in [0.3, 0.4) is 0 Å². The molecule has 2 aromatic rings. The Morgan fingerprint density at radius 2 is 2.28 bits per heavy atom. The van der Waals surface area contributed by atoms with E-state index >= 15 is 0 Å². The molecule has 1 aliphatic heterocycles. The number of nitrogens with two attached hydrogens (primary N) is 1. The van der Waals surface area contributed by atoms with E-state index in [0.29, 0.717) is 5.69 Å². The van der Waals surface area contributed by atoms with Gasteiger partial charge in [0.25, 0.3) is 10.2 Å². The van der Waals surface area contributed by atoms with E-state index in [4.69, 9.17) is 14.5 Å². The maximum Gasteiger partial charge on any atom is 0.277 e. The Balaban J connectivity index is 1.67. The van der Waals surface area contributed by atoms with E-state index in [9.17, 15) is 18.0 Å². The van der Waals surface area contributed by atoms with E-state index in [0.717, 1.165) is 4.31 Å². The van der Waals surface area contributed by atoms with Crippen LogP contribution in [-0.2, 0) is 14.9 Å². The van der Waals surface area contributed by atoms with E-state index in [1.165, 1.54) is 18.2 Å². The zero-order valence-electron chi connectivity index (χ0n) is 14.7. The summed E-state index contributed by atoms with van der Waals surface area (Å²) in [7, 11) is -3.81. The highest BCUT2D eigenvalue weighted by atomic mass is 79.9. The smallest absolute Gasteiger partial charge is 0.277 e. The molecule has 0 saturated carbocycles. The average molecular weight is 494 g/mol. The number of nitrogens with zero attached hydrogens (tertiary/aromatic N) is 4. The van der Waals surface area contributed by atoms with Gasteiger partial charge in [-0.3, -0.25) is 0 Å². The number of hydrogen-bond acceptors (Lipinski definition) is 9. The average Bonchev–Trinajstić information content (AvgIpc) is 3.15. The largest absolute Gasteiger partial charge is 0.409 e. The van der Waals surface area contributed by atoms with Crippen LogP contribution in [0, 0.1) is 5.82 Å². The number of halogens is 2. The fourth-order valence-corrected chi connectivity index (χ4v) is 3.64. The molecular weight excluding hydrogens is 477 g/mol. The minimum atomic E-state index is -3.81. The molecular formula is C14H17BrFN7O5S. The van der Waals surface area contributed by atoms with Crippen LogP contribution in [-0.4, -0.2) is 66.4 Å². The molecule has 1 aromatic carbocycles. The van der Waals surface area contributed by atoms with Crippen LogP contribution in [0.4, 0.5) is 15.9 Å². The fourth-order valence-electron chi connectivity index (χ4n) is 2.56. The molecule has 1 aliphatic rings. The lowest BCUT2D eigenvalue weighted by atomic mass is 10.2. The number of ether oxygens (including phenoxy) is 1. The maximum absolute atomic E-state index is 13.4. The molecule has 1 unspecified atom stereocenters. The van der Waals surface area contributed by atoms with Crippen LogP contribution < -0.4 is 15.8 Å². The van der Waals surface area contributed by atoms with Gasteiger partial charge in [0.15, 0.2) is 5.69 Å². The van der Waals surface area contributed by atoms with Crippen molar-refractivity contribution in [2.24, 2.45) is 10.3 Å². The maximum atomic E-state index is 13.4. The molecule has 0 amide bonds. The molecule has 5 N–H and O–H groups in total. The van der Waals surface area contributed by atoms with Crippen molar-refractivity contribution in [2.75, 3.05) is 36.9 Å². The lowest BCUT2D eigenvalue weighted by molar-refractivity contribution is 0.00676. The Hall–Kier alpha value is -2.33. The molecule has 1 fully saturated rings. The Kier molecular flexibility index (Phi) is 6.63. The van der Waals surface area contributed by atoms with Crippen LogP contribution in [0.2, 0.25) is 0 Å². The number of benzene rings is 1. The Morgan fingerprint density at radius 1 is 1.48 bits per heavy atom. The topological polar surface area (TPSA) is 168 Å². The second-order valence-corrected chi connectivity index (χ2v) is 8.34. The first-order chi connectivity index (χ1) is 13.8. The van der Waals surface area contributed by atoms with Gasteiger partial charge in [-0.15, -0.1) is 0 Å². The predicted molar refractivity (Wildman–Crippen MR) is 103 cm³/mol. The highest BCUT2D eigenvalue weighted by Gasteiger charge is 2.27. The first-order valence-electron chi connectivity index (χ1n) is 8.18. The first kappa shape index (κ1) is 21.4. The second kappa shape index (κ2) is 9.00. The number of nitrogens with one attached hydrogen (secondary N) is 2. The number of rotatable bonds is 6. The third kappa shape index (κ3) is 5.39. The minimum absolute atomic E-state index is 0.0482. The van der Waals surface area contributed by atoms with Crippen LogP contribution in [0.25, 0.3) is 0 Å². The molecule has 2 heterocycles. The van der Waals surface area contributed by atoms with E-state index in [-0.39, 0.29) is 48.1 Å². The Labute approximate surface area is 173 Å². The molecule has 3 rings (SSSR count). The summed E-state index contributed by atoms with van der Waals surface area (Å²) in [5, 5.41) is 30.7. The van der Waals surface area contributed by atoms with Gasteiger partial charge in [-0.2, -0.15) is 12.7 Å². The van der Waals surface area contributed by atoms with Gasteiger partial charge in [-0.1, -0.05) is 5.16 Å². The monoisotopic (exact) mass is 493 g/mol. The molecule has 1 aromatic heterocycles. The quantitative estimate of drug-likeness (QED) is 0.194. The third-order valence-electron chi connectivity index (χ3n) is 3.95. The second-order valence-electron chi connectivity index (χ2n) is 5.94. The lowest BCUT2D eigenvalue weighted by Gasteiger charge is -2.30. The summed E-state index contributed by atoms with van der Waals surface area (Å²) in [6, 6.07) is 4.10. The van der Waals surface area contributed by atoms with Crippen LogP contribution in [0.15, 0.2) is 32.5 Å². The van der Waals surface area contributed by atoms with Crippen LogP contribution >= 0.6 is 15.9 Å². The summed E-state index contributed by atoms with van der Waals surface area (Å²) >= 11 is 3.06. The minimum Gasteiger partial charge on any atom is -0.409 e. The van der Waals surface area contributed by atoms with Crippen molar-refractivity contribution in [1.29, 1.82) is 0 Å². The van der Waals surface area contributed by atoms with Crippen molar-refractivity contribution in [3.05, 3.63) is 34.2 Å². The zero-order chi connectivity index (χ0) is 21.0. The number of amidine groups is 1. The number of morpholine rings is 1. The van der Waals surface area contributed by atoms with Crippen molar-refractivity contribution in [3.8, 4) is 0 Å². The van der Waals surface area contributed by atoms with Crippen molar-refractivity contribution >= 4 is 43.5 Å². The van der Waals surface area contributed by atoms with E-state index < -0.39 is 22.1 Å². The van der Waals surface area contributed by atoms with Gasteiger partial charge in [-0.05, 0) is 44.4 Å². The normalized spacial score (nSPS) is 18.6. The van der Waals surface area contributed by atoms with E-state index in [2.05, 4.69) is 42.0 Å². The van der Waals surface area contributed by atoms with Gasteiger partial charge in [0.05, 0.1) is 17.2 Å². The fraction of sp³-hybridized carbons (Fsp3) is 0.357. The molecule has 1 saturated heterocycles. The molecule has 15 heteroatoms. The molecule has 1 atom stereocenters. The summed E-state index contributed by atoms with van der Waals surface area (Å²) in [6.45, 7) is 0.588. The summed E-state index contributed by atoms with van der Waals surface area (Å²) in [5.74, 6) is -0.435. The van der Waals surface area contributed by atoms with Crippen LogP contribution in [0.1, 0.15) is 5.69 Å². The van der Waals surface area contributed by atoms with Crippen LogP contribution in [0.5, 0.6) is 0 Å². The summed E-state index contributed by atoms with van der Waals surface area (Å²) in [5.41, 5.74) is 0.464. The molecule has 158 valence electrons. The van der Waals surface area contributed by atoms with Gasteiger partial charge < -0.3 is 20.6 Å². The summed E-state index contributed by atoms with van der Waals surface area (Å²) < 4.78 is 47.9. The van der Waals surface area contributed by atoms with Gasteiger partial charge in [-0.25, -0.2) is 14.2 Å². The number of aromatic nitrogens is 2. The molecule has 29 heavy (non-hydrogen) atoms. The highest BCUT2D eigenvalue weighted by molar-refractivity contribution is 9.10. The number of anilines is 2. The predicted octanol–water partition coefficient (Wildman–Crippen LogP) is 0.535. The van der Waals surface area contributed by atoms with Gasteiger partial charge in [0.2, 0.25) is 11.7 Å². The highest BCUT2D eigenvalue weighted by Crippen LogP contribution is 2.21. The Bertz CT molecular complexity index is 1000. The van der Waals surface area contributed by atoms with E-state index in [1.54, 1.807) is 0 Å². The van der Waals surface area contributed by atoms with Crippen molar-refractivity contribution in [1.82, 2.24) is 14.6 Å². The first-order valence-corrected chi connectivity index (χ1v) is 10.5. The standard InChI is InChI=1S/C14H17BrFN7O5S/c15-10-5-8(1-2-11(10)16)19-14(20-24)12-13(22-28-21-12)18-6-9-7-23(3-4-27-9)29(17,25)26/h1-2,5,9,24H,3-4,6-7H2,(H,18,22)(H,19,20)(H2,17,25,26). The lowest BCUT2D eigenvalue weighted by Crippen LogP contribution is -2.50. The van der Waals surface area contributed by atoms with Gasteiger partial charge in [0.1, 0.15) is 5.82 Å². The molecule has 0 radical (unpaired) electrons. The molecule has 0 aliphatic carbocycles. The Morgan fingerprint density at radius 3 is 2.97 bits per heavy atom. The zero-order valence-corrected chi connectivity index (χ0v) is 17.2. The number of oxime groups is 1. The van der Waals surface area contributed by atoms with Crippen molar-refractivity contribution in [2.45, 2.75) is 6.10 Å². The van der Waals surface area contributed by atoms with Gasteiger partial charge in [0, 0.05) is 25.3 Å². The molecule has 0 bridgehead atoms. The summed E-state index contributed by atoms with van der Waals surface area (Å²) in [4.78, 5) is 0. The number of hydrogen-bond donors (Lipinski definition) is 4. The molecule has 12 nitrogen and oxygen atoms in total. The summed E-state index contributed by atoms with van der Waals surface area (Å²) in [6.07, 6.45) is -0.498. The van der Waals surface area contributed by atoms with Crippen molar-refractivity contribution in [3.63, 3.8) is 0 Å². The SMILES string of the molecule is NS(=O)(=O)N1CCOC(CNc2nonc2C(=NO)Nc2ccc(F)c(Br)c2)C1.